The van der Waals surface area contributed by atoms with E-state index in [-0.39, 0.29) is 21.7 Å². The summed E-state index contributed by atoms with van der Waals surface area (Å²) in [5.41, 5.74) is 25.9. The highest BCUT2D eigenvalue weighted by Gasteiger charge is 2.47. The fraction of sp³-hybridized carbons (Fsp3) is 0.247. The summed E-state index contributed by atoms with van der Waals surface area (Å²) in [6.07, 6.45) is 11.7. The summed E-state index contributed by atoms with van der Waals surface area (Å²) in [7, 11) is 0. The Balaban J connectivity index is 0.771. The lowest BCUT2D eigenvalue weighted by Crippen LogP contribution is -2.20. The lowest BCUT2D eigenvalue weighted by molar-refractivity contribution is 0.392. The van der Waals surface area contributed by atoms with Crippen LogP contribution in [0, 0.1) is 0 Å². The molecule has 7 nitrogen and oxygen atoms in total. The summed E-state index contributed by atoms with van der Waals surface area (Å²) in [6, 6.07) is 62.4. The van der Waals surface area contributed by atoms with Crippen LogP contribution in [0.3, 0.4) is 0 Å². The minimum absolute atomic E-state index is 0.0227. The maximum absolute atomic E-state index is 5.31. The van der Waals surface area contributed by atoms with Crippen molar-refractivity contribution in [2.24, 2.45) is 0 Å². The zero-order chi connectivity index (χ0) is 54.7. The molecule has 0 radical (unpaired) electrons. The van der Waals surface area contributed by atoms with Crippen LogP contribution in [0.4, 0.5) is 0 Å². The maximum Gasteiger partial charge on any atom is 0.147 e. The molecule has 0 atom stereocenters. The molecular formula is C73H67N7. The summed E-state index contributed by atoms with van der Waals surface area (Å²) >= 11 is 0. The van der Waals surface area contributed by atoms with Crippen LogP contribution in [-0.2, 0) is 47.3 Å². The fourth-order valence-electron chi connectivity index (χ4n) is 14.4. The average molecular weight is 1040 g/mol. The van der Waals surface area contributed by atoms with Gasteiger partial charge in [0, 0.05) is 44.2 Å². The van der Waals surface area contributed by atoms with Crippen molar-refractivity contribution in [1.29, 1.82) is 0 Å². The Kier molecular flexibility index (Phi) is 11.5. The fourth-order valence-corrected chi connectivity index (χ4v) is 14.4. The number of hydrogen-bond acceptors (Lipinski definition) is 5. The molecule has 0 N–H and O–H groups in total. The Bertz CT molecular complexity index is 4230. The Labute approximate surface area is 469 Å². The van der Waals surface area contributed by atoms with Crippen molar-refractivity contribution in [3.8, 4) is 55.8 Å². The second-order valence-corrected chi connectivity index (χ2v) is 25.6. The Hall–Kier alpha value is -8.55. The van der Waals surface area contributed by atoms with Gasteiger partial charge in [-0.3, -0.25) is 13.8 Å². The first kappa shape index (κ1) is 49.7. The SMILES string of the molecule is CC1(C)CC(C)(C)c2c1nc1c3ccc(CCc4cc(CCc5ccc6c(c5)ncn5c7c(nc65)C(C)(C)CC7(C)C)cc(-c5ccccc5-c5ccc(-c6cc(-c7ccc(-c8ccccc8)cc7)ccn6)cc5)c4)cc3ncn21. The lowest BCUT2D eigenvalue weighted by atomic mass is 9.83. The quantitative estimate of drug-likeness (QED) is 0.129. The van der Waals surface area contributed by atoms with Crippen LogP contribution in [-0.4, -0.2) is 33.7 Å². The van der Waals surface area contributed by atoms with Gasteiger partial charge in [-0.15, -0.1) is 0 Å². The molecule has 12 aromatic rings. The molecule has 0 unspecified atom stereocenters. The highest BCUT2D eigenvalue weighted by molar-refractivity contribution is 5.93. The number of benzene rings is 7. The molecule has 0 spiro atoms. The largest absolute Gasteiger partial charge is 0.286 e. The van der Waals surface area contributed by atoms with Crippen LogP contribution in [0.25, 0.3) is 88.9 Å². The topological polar surface area (TPSA) is 73.3 Å². The van der Waals surface area contributed by atoms with Crippen molar-refractivity contribution in [3.05, 3.63) is 234 Å². The van der Waals surface area contributed by atoms with Gasteiger partial charge in [-0.1, -0.05) is 189 Å². The number of aromatic nitrogens is 7. The Morgan fingerprint density at radius 3 is 1.35 bits per heavy atom. The number of rotatable bonds is 11. The van der Waals surface area contributed by atoms with Gasteiger partial charge in [0.25, 0.3) is 0 Å². The maximum atomic E-state index is 5.31. The number of nitrogens with zero attached hydrogens (tertiary/aromatic N) is 7. The normalized spacial score (nSPS) is 15.8. The van der Waals surface area contributed by atoms with Gasteiger partial charge in [0.1, 0.15) is 23.9 Å². The van der Waals surface area contributed by atoms with Crippen LogP contribution >= 0.6 is 0 Å². The summed E-state index contributed by atoms with van der Waals surface area (Å²) in [5.74, 6) is 0. The van der Waals surface area contributed by atoms with Crippen molar-refractivity contribution in [1.82, 2.24) is 33.7 Å². The van der Waals surface area contributed by atoms with E-state index in [4.69, 9.17) is 24.9 Å². The molecule has 2 aliphatic carbocycles. The minimum atomic E-state index is 0.0227. The van der Waals surface area contributed by atoms with E-state index in [0.29, 0.717) is 0 Å². The summed E-state index contributed by atoms with van der Waals surface area (Å²) < 4.78 is 4.51. The van der Waals surface area contributed by atoms with Gasteiger partial charge < -0.3 is 0 Å². The standard InChI is InChI=1S/C73H67N7/c1-70(2)42-72(5,6)66-64(70)77-68-59-32-22-46(39-62(59)75-44-79(66)68)18-20-48-36-49(21-19-47-23-33-60-63(40-47)76-45-80-67-65(78-69(60)80)71(3,4)43-73(67,7)8)38-56(37-48)58-17-13-12-16-57(58)53-28-30-54(31-29-53)61-41-55(34-35-74-61)52-26-24-51(25-27-52)50-14-10-9-11-15-50/h9-17,22-41,44-45H,18-21,42-43H2,1-8H3. The van der Waals surface area contributed by atoms with Gasteiger partial charge in [0.2, 0.25) is 0 Å². The van der Waals surface area contributed by atoms with Gasteiger partial charge in [0.05, 0.1) is 39.5 Å². The zero-order valence-electron chi connectivity index (χ0n) is 47.3. The first-order valence-electron chi connectivity index (χ1n) is 28.6. The molecule has 0 bridgehead atoms. The monoisotopic (exact) mass is 1040 g/mol. The van der Waals surface area contributed by atoms with Crippen molar-refractivity contribution < 1.29 is 0 Å². The second-order valence-electron chi connectivity index (χ2n) is 25.6. The number of imidazole rings is 2. The van der Waals surface area contributed by atoms with E-state index in [0.717, 1.165) is 88.4 Å². The highest BCUT2D eigenvalue weighted by atomic mass is 15.1. The molecule has 5 aromatic heterocycles. The van der Waals surface area contributed by atoms with E-state index in [2.05, 4.69) is 234 Å². The van der Waals surface area contributed by atoms with Crippen molar-refractivity contribution >= 4 is 33.1 Å². The molecule has 0 saturated heterocycles. The summed E-state index contributed by atoms with van der Waals surface area (Å²) in [4.78, 5) is 25.6. The lowest BCUT2D eigenvalue weighted by Gasteiger charge is -2.23. The third kappa shape index (κ3) is 8.61. The minimum Gasteiger partial charge on any atom is -0.286 e. The van der Waals surface area contributed by atoms with Gasteiger partial charge in [-0.05, 0) is 142 Å². The van der Waals surface area contributed by atoms with Gasteiger partial charge in [-0.2, -0.15) is 0 Å². The molecule has 0 aliphatic heterocycles. The number of hydrogen-bond donors (Lipinski definition) is 0. The van der Waals surface area contributed by atoms with Gasteiger partial charge in [-0.25, -0.2) is 19.9 Å². The first-order chi connectivity index (χ1) is 38.5. The summed E-state index contributed by atoms with van der Waals surface area (Å²) in [6.45, 7) is 18.7. The number of fused-ring (bicyclic) bond motifs is 10. The average Bonchev–Trinajstić information content (AvgIpc) is 4.33. The summed E-state index contributed by atoms with van der Waals surface area (Å²) in [5, 5.41) is 2.21. The molecule has 0 amide bonds. The van der Waals surface area contributed by atoms with E-state index in [1.165, 1.54) is 84.0 Å². The molecule has 394 valence electrons. The highest BCUT2D eigenvalue weighted by Crippen LogP contribution is 2.51. The smallest absolute Gasteiger partial charge is 0.147 e. The van der Waals surface area contributed by atoms with Crippen LogP contribution in [0.2, 0.25) is 0 Å². The molecule has 0 fully saturated rings. The molecule has 80 heavy (non-hydrogen) atoms. The van der Waals surface area contributed by atoms with Gasteiger partial charge in [0.15, 0.2) is 0 Å². The molecule has 7 aromatic carbocycles. The number of aryl methyl sites for hydroxylation is 4. The van der Waals surface area contributed by atoms with Crippen molar-refractivity contribution in [2.45, 2.75) is 116 Å². The van der Waals surface area contributed by atoms with Crippen molar-refractivity contribution in [2.75, 3.05) is 0 Å². The van der Waals surface area contributed by atoms with E-state index >= 15 is 0 Å². The molecular weight excluding hydrogens is 975 g/mol. The number of pyridine rings is 1. The molecule has 7 heteroatoms. The van der Waals surface area contributed by atoms with E-state index in [1.54, 1.807) is 0 Å². The predicted molar refractivity (Wildman–Crippen MR) is 329 cm³/mol. The second kappa shape index (κ2) is 18.5. The Morgan fingerprint density at radius 2 is 0.812 bits per heavy atom. The first-order valence-corrected chi connectivity index (χ1v) is 28.6. The van der Waals surface area contributed by atoms with Crippen LogP contribution < -0.4 is 0 Å². The van der Waals surface area contributed by atoms with Crippen LogP contribution in [0.1, 0.15) is 113 Å². The third-order valence-corrected chi connectivity index (χ3v) is 17.7. The Morgan fingerprint density at radius 1 is 0.362 bits per heavy atom. The predicted octanol–water partition coefficient (Wildman–Crippen LogP) is 17.3. The van der Waals surface area contributed by atoms with E-state index in [9.17, 15) is 0 Å². The van der Waals surface area contributed by atoms with E-state index in [1.807, 2.05) is 18.9 Å². The van der Waals surface area contributed by atoms with Crippen molar-refractivity contribution in [3.63, 3.8) is 0 Å². The van der Waals surface area contributed by atoms with Crippen LogP contribution in [0.15, 0.2) is 189 Å². The van der Waals surface area contributed by atoms with Gasteiger partial charge >= 0.3 is 0 Å². The zero-order valence-corrected chi connectivity index (χ0v) is 47.3. The third-order valence-electron chi connectivity index (χ3n) is 17.7. The van der Waals surface area contributed by atoms with E-state index < -0.39 is 0 Å². The molecule has 5 heterocycles. The molecule has 14 rings (SSSR count). The molecule has 2 aliphatic rings. The molecule has 0 saturated carbocycles. The van der Waals surface area contributed by atoms with Crippen LogP contribution in [0.5, 0.6) is 0 Å².